The maximum atomic E-state index is 13.1. The van der Waals surface area contributed by atoms with E-state index in [1.165, 1.54) is 10.9 Å². The summed E-state index contributed by atoms with van der Waals surface area (Å²) in [6.07, 6.45) is 2.69. The Labute approximate surface area is 178 Å². The Hall–Kier alpha value is -2.70. The number of pyridine rings is 1. The van der Waals surface area contributed by atoms with Crippen LogP contribution in [0.25, 0.3) is 22.2 Å². The summed E-state index contributed by atoms with van der Waals surface area (Å²) in [5.41, 5.74) is 12.3. The SMILES string of the molecule is Cc1cc(-c2[nH]c3ccc(N4CCC(N(C)CCN)C4=O)cc3c2C(C)C)ccn1. The van der Waals surface area contributed by atoms with Crippen LogP contribution in [0.4, 0.5) is 5.69 Å². The second-order valence-electron chi connectivity index (χ2n) is 8.55. The summed E-state index contributed by atoms with van der Waals surface area (Å²) in [4.78, 5) is 25.0. The van der Waals surface area contributed by atoms with Gasteiger partial charge in [0.1, 0.15) is 0 Å². The molecular formula is C24H31N5O. The first-order valence-electron chi connectivity index (χ1n) is 10.7. The number of nitrogens with zero attached hydrogens (tertiary/aromatic N) is 3. The second-order valence-corrected chi connectivity index (χ2v) is 8.55. The van der Waals surface area contributed by atoms with Gasteiger partial charge in [-0.05, 0) is 62.2 Å². The minimum Gasteiger partial charge on any atom is -0.354 e. The van der Waals surface area contributed by atoms with Crippen LogP contribution in [0.1, 0.15) is 37.4 Å². The van der Waals surface area contributed by atoms with E-state index in [1.807, 2.05) is 37.2 Å². The standard InChI is InChI=1S/C24H31N5O/c1-15(2)22-19-14-18(29-11-8-21(24(29)30)28(4)12-9-25)5-6-20(19)27-23(22)17-7-10-26-16(3)13-17/h5-7,10,13-15,21,27H,8-9,11-12,25H2,1-4H3. The van der Waals surface area contributed by atoms with Gasteiger partial charge >= 0.3 is 0 Å². The molecule has 30 heavy (non-hydrogen) atoms. The van der Waals surface area contributed by atoms with Gasteiger partial charge in [0.25, 0.3) is 0 Å². The molecule has 1 amide bonds. The minimum atomic E-state index is -0.0876. The number of carbonyl (C=O) groups excluding carboxylic acids is 1. The number of hydrogen-bond acceptors (Lipinski definition) is 4. The first kappa shape index (κ1) is 20.6. The first-order valence-corrected chi connectivity index (χ1v) is 10.7. The van der Waals surface area contributed by atoms with Gasteiger partial charge in [-0.15, -0.1) is 0 Å². The van der Waals surface area contributed by atoms with E-state index in [0.717, 1.165) is 47.7 Å². The number of hydrogen-bond donors (Lipinski definition) is 2. The Morgan fingerprint density at radius 3 is 2.80 bits per heavy atom. The Kier molecular flexibility index (Phi) is 5.62. The molecule has 0 spiro atoms. The Bertz CT molecular complexity index is 1070. The van der Waals surface area contributed by atoms with E-state index in [0.29, 0.717) is 12.5 Å². The zero-order valence-corrected chi connectivity index (χ0v) is 18.3. The number of nitrogens with two attached hydrogens (primary N) is 1. The highest BCUT2D eigenvalue weighted by molar-refractivity contribution is 6.02. The molecule has 0 bridgehead atoms. The predicted octanol–water partition coefficient (Wildman–Crippen LogP) is 3.66. The highest BCUT2D eigenvalue weighted by atomic mass is 16.2. The number of aromatic amines is 1. The van der Waals surface area contributed by atoms with Gasteiger partial charge in [0.2, 0.25) is 5.91 Å². The molecular weight excluding hydrogens is 374 g/mol. The first-order chi connectivity index (χ1) is 14.4. The van der Waals surface area contributed by atoms with Crippen LogP contribution in [0.5, 0.6) is 0 Å². The predicted molar refractivity (Wildman–Crippen MR) is 123 cm³/mol. The van der Waals surface area contributed by atoms with Gasteiger partial charge in [0.15, 0.2) is 0 Å². The lowest BCUT2D eigenvalue weighted by Gasteiger charge is -2.23. The number of rotatable bonds is 6. The molecule has 1 aromatic carbocycles. The van der Waals surface area contributed by atoms with Gasteiger partial charge in [-0.25, -0.2) is 0 Å². The summed E-state index contributed by atoms with van der Waals surface area (Å²) < 4.78 is 0. The van der Waals surface area contributed by atoms with E-state index < -0.39 is 0 Å². The summed E-state index contributed by atoms with van der Waals surface area (Å²) in [6, 6.07) is 10.4. The number of likely N-dealkylation sites (N-methyl/N-ethyl adjacent to an activating group) is 1. The van der Waals surface area contributed by atoms with E-state index in [1.54, 1.807) is 0 Å². The molecule has 3 heterocycles. The summed E-state index contributed by atoms with van der Waals surface area (Å²) in [7, 11) is 1.98. The third-order valence-electron chi connectivity index (χ3n) is 6.09. The fourth-order valence-corrected chi connectivity index (χ4v) is 4.59. The smallest absolute Gasteiger partial charge is 0.244 e. The lowest BCUT2D eigenvalue weighted by molar-refractivity contribution is -0.121. The number of nitrogens with one attached hydrogen (secondary N) is 1. The third kappa shape index (κ3) is 3.61. The largest absolute Gasteiger partial charge is 0.354 e. The van der Waals surface area contributed by atoms with Crippen molar-refractivity contribution in [3.8, 4) is 11.3 Å². The van der Waals surface area contributed by atoms with Gasteiger partial charge in [0, 0.05) is 53.7 Å². The molecule has 0 aliphatic carbocycles. The zero-order valence-electron chi connectivity index (χ0n) is 18.3. The van der Waals surface area contributed by atoms with Crippen LogP contribution in [0.2, 0.25) is 0 Å². The summed E-state index contributed by atoms with van der Waals surface area (Å²) >= 11 is 0. The van der Waals surface area contributed by atoms with Crippen LogP contribution in [0.3, 0.4) is 0 Å². The van der Waals surface area contributed by atoms with Gasteiger partial charge in [0.05, 0.1) is 11.7 Å². The molecule has 0 radical (unpaired) electrons. The summed E-state index contributed by atoms with van der Waals surface area (Å²) in [5.74, 6) is 0.507. The molecule has 1 fully saturated rings. The van der Waals surface area contributed by atoms with E-state index in [-0.39, 0.29) is 11.9 Å². The van der Waals surface area contributed by atoms with E-state index >= 15 is 0 Å². The molecule has 3 aromatic rings. The van der Waals surface area contributed by atoms with Crippen LogP contribution in [0, 0.1) is 6.92 Å². The average Bonchev–Trinajstić information content (AvgIpc) is 3.28. The van der Waals surface area contributed by atoms with Crippen molar-refractivity contribution >= 4 is 22.5 Å². The maximum Gasteiger partial charge on any atom is 0.244 e. The van der Waals surface area contributed by atoms with E-state index in [2.05, 4.69) is 46.9 Å². The Balaban J connectivity index is 1.74. The lowest BCUT2D eigenvalue weighted by Crippen LogP contribution is -2.41. The number of aromatic nitrogens is 2. The van der Waals surface area contributed by atoms with E-state index in [4.69, 9.17) is 5.73 Å². The molecule has 1 aliphatic rings. The van der Waals surface area contributed by atoms with Crippen molar-refractivity contribution in [3.63, 3.8) is 0 Å². The molecule has 3 N–H and O–H groups in total. The molecule has 1 unspecified atom stereocenters. The molecule has 1 saturated heterocycles. The molecule has 4 rings (SSSR count). The van der Waals surface area contributed by atoms with Crippen LogP contribution in [0.15, 0.2) is 36.5 Å². The molecule has 6 nitrogen and oxygen atoms in total. The minimum absolute atomic E-state index is 0.0876. The topological polar surface area (TPSA) is 78.3 Å². The van der Waals surface area contributed by atoms with E-state index in [9.17, 15) is 4.79 Å². The summed E-state index contributed by atoms with van der Waals surface area (Å²) in [5, 5.41) is 1.18. The number of benzene rings is 1. The Morgan fingerprint density at radius 1 is 1.30 bits per heavy atom. The normalized spacial score (nSPS) is 17.1. The second kappa shape index (κ2) is 8.20. The van der Waals surface area contributed by atoms with Crippen molar-refractivity contribution in [2.75, 3.05) is 31.6 Å². The van der Waals surface area contributed by atoms with Crippen molar-refractivity contribution in [1.29, 1.82) is 0 Å². The fourth-order valence-electron chi connectivity index (χ4n) is 4.59. The molecule has 2 aromatic heterocycles. The molecule has 158 valence electrons. The average molecular weight is 406 g/mol. The van der Waals surface area contributed by atoms with Crippen LogP contribution in [-0.2, 0) is 4.79 Å². The van der Waals surface area contributed by atoms with Gasteiger partial charge in [-0.3, -0.25) is 14.7 Å². The Morgan fingerprint density at radius 2 is 2.10 bits per heavy atom. The highest BCUT2D eigenvalue weighted by Crippen LogP contribution is 2.38. The third-order valence-corrected chi connectivity index (χ3v) is 6.09. The molecule has 6 heteroatoms. The monoisotopic (exact) mass is 405 g/mol. The zero-order chi connectivity index (χ0) is 21.4. The van der Waals surface area contributed by atoms with Crippen molar-refractivity contribution in [3.05, 3.63) is 47.8 Å². The van der Waals surface area contributed by atoms with Crippen molar-refractivity contribution in [2.45, 2.75) is 39.2 Å². The number of fused-ring (bicyclic) bond motifs is 1. The number of amides is 1. The molecule has 1 atom stereocenters. The van der Waals surface area contributed by atoms with Gasteiger partial charge in [-0.2, -0.15) is 0 Å². The van der Waals surface area contributed by atoms with Crippen molar-refractivity contribution in [2.24, 2.45) is 5.73 Å². The van der Waals surface area contributed by atoms with Crippen LogP contribution < -0.4 is 10.6 Å². The molecule has 1 aliphatic heterocycles. The number of aryl methyl sites for hydroxylation is 1. The molecule has 0 saturated carbocycles. The maximum absolute atomic E-state index is 13.1. The number of H-pyrrole nitrogens is 1. The fraction of sp³-hybridized carbons (Fsp3) is 0.417. The van der Waals surface area contributed by atoms with Gasteiger partial charge < -0.3 is 15.6 Å². The van der Waals surface area contributed by atoms with Crippen molar-refractivity contribution in [1.82, 2.24) is 14.9 Å². The van der Waals surface area contributed by atoms with Crippen LogP contribution >= 0.6 is 0 Å². The highest BCUT2D eigenvalue weighted by Gasteiger charge is 2.35. The number of anilines is 1. The van der Waals surface area contributed by atoms with Crippen LogP contribution in [-0.4, -0.2) is 53.5 Å². The van der Waals surface area contributed by atoms with Crippen molar-refractivity contribution < 1.29 is 4.79 Å². The lowest BCUT2D eigenvalue weighted by atomic mass is 9.96. The van der Waals surface area contributed by atoms with Gasteiger partial charge in [-0.1, -0.05) is 13.8 Å². The number of carbonyl (C=O) groups is 1. The summed E-state index contributed by atoms with van der Waals surface area (Å²) in [6.45, 7) is 8.47. The quantitative estimate of drug-likeness (QED) is 0.656.